The fraction of sp³-hybridized carbons (Fsp3) is 0.588. The molecule has 0 aliphatic rings. The van der Waals surface area contributed by atoms with Gasteiger partial charge in [0.15, 0.2) is 0 Å². The van der Waals surface area contributed by atoms with Gasteiger partial charge in [0.1, 0.15) is 6.04 Å². The Morgan fingerprint density at radius 1 is 1.17 bits per heavy atom. The van der Waals surface area contributed by atoms with E-state index in [1.807, 2.05) is 39.4 Å². The molecule has 2 aromatic heterocycles. The minimum atomic E-state index is -0.346. The molecule has 132 valence electrons. The third kappa shape index (κ3) is 3.27. The molecule has 0 N–H and O–H groups in total. The molecule has 24 heavy (non-hydrogen) atoms. The van der Waals surface area contributed by atoms with Crippen molar-refractivity contribution in [2.24, 2.45) is 0 Å². The predicted octanol–water partition coefficient (Wildman–Crippen LogP) is 3.32. The third-order valence-electron chi connectivity index (χ3n) is 4.56. The van der Waals surface area contributed by atoms with Gasteiger partial charge in [0.05, 0.1) is 21.6 Å². The van der Waals surface area contributed by atoms with Crippen molar-refractivity contribution in [3.8, 4) is 0 Å². The maximum Gasteiger partial charge on any atom is 0.247 e. The van der Waals surface area contributed by atoms with Gasteiger partial charge in [0, 0.05) is 31.4 Å². The Kier molecular flexibility index (Phi) is 5.52. The normalized spacial score (nSPS) is 12.5. The van der Waals surface area contributed by atoms with Crippen molar-refractivity contribution < 1.29 is 4.79 Å². The van der Waals surface area contributed by atoms with Crippen molar-refractivity contribution in [3.63, 3.8) is 0 Å². The minimum absolute atomic E-state index is 0.0381. The zero-order valence-corrected chi connectivity index (χ0v) is 17.1. The molecule has 1 atom stereocenters. The van der Waals surface area contributed by atoms with Crippen LogP contribution in [0.5, 0.6) is 0 Å². The standard InChI is InChI=1S/C17H26BrN5O/c1-8-22-12(4)15(10(2)19-22)9-21(7)17(24)14(6)23-13(5)16(18)11(3)20-23/h14H,8-9H2,1-7H3. The van der Waals surface area contributed by atoms with Gasteiger partial charge >= 0.3 is 0 Å². The fourth-order valence-corrected chi connectivity index (χ4v) is 3.29. The molecule has 0 fully saturated rings. The number of aryl methyl sites for hydroxylation is 3. The second-order valence-corrected chi connectivity index (χ2v) is 7.06. The SMILES string of the molecule is CCn1nc(C)c(CN(C)C(=O)C(C)n2nc(C)c(Br)c2C)c1C. The van der Waals surface area contributed by atoms with Gasteiger partial charge < -0.3 is 4.90 Å². The number of nitrogens with zero attached hydrogens (tertiary/aromatic N) is 5. The van der Waals surface area contributed by atoms with E-state index in [0.29, 0.717) is 6.54 Å². The summed E-state index contributed by atoms with van der Waals surface area (Å²) in [6.45, 7) is 13.3. The first kappa shape index (κ1) is 18.7. The summed E-state index contributed by atoms with van der Waals surface area (Å²) in [4.78, 5) is 14.6. The summed E-state index contributed by atoms with van der Waals surface area (Å²) in [5.41, 5.74) is 5.08. The van der Waals surface area contributed by atoms with E-state index in [1.54, 1.807) is 9.58 Å². The lowest BCUT2D eigenvalue weighted by atomic mass is 10.1. The molecule has 2 rings (SSSR count). The Hall–Kier alpha value is -1.63. The molecule has 2 heterocycles. The maximum atomic E-state index is 12.8. The highest BCUT2D eigenvalue weighted by Crippen LogP contribution is 2.24. The molecule has 0 aliphatic heterocycles. The van der Waals surface area contributed by atoms with Gasteiger partial charge in [-0.1, -0.05) is 0 Å². The molecule has 0 aliphatic carbocycles. The highest BCUT2D eigenvalue weighted by molar-refractivity contribution is 9.10. The average molecular weight is 396 g/mol. The summed E-state index contributed by atoms with van der Waals surface area (Å²) in [7, 11) is 1.84. The van der Waals surface area contributed by atoms with Gasteiger partial charge in [-0.25, -0.2) is 0 Å². The number of hydrogen-bond acceptors (Lipinski definition) is 3. The highest BCUT2D eigenvalue weighted by atomic mass is 79.9. The monoisotopic (exact) mass is 395 g/mol. The molecule has 6 nitrogen and oxygen atoms in total. The molecule has 0 spiro atoms. The van der Waals surface area contributed by atoms with Crippen LogP contribution in [0.15, 0.2) is 4.47 Å². The Morgan fingerprint density at radius 2 is 1.79 bits per heavy atom. The van der Waals surface area contributed by atoms with Crippen LogP contribution in [-0.2, 0) is 17.9 Å². The summed E-state index contributed by atoms with van der Waals surface area (Å²) >= 11 is 3.52. The minimum Gasteiger partial charge on any atom is -0.339 e. The molecule has 0 saturated heterocycles. The number of likely N-dealkylation sites (N-methyl/N-ethyl adjacent to an activating group) is 1. The van der Waals surface area contributed by atoms with Gasteiger partial charge in [0.25, 0.3) is 0 Å². The second kappa shape index (κ2) is 7.09. The third-order valence-corrected chi connectivity index (χ3v) is 5.71. The summed E-state index contributed by atoms with van der Waals surface area (Å²) in [6, 6.07) is -0.346. The smallest absolute Gasteiger partial charge is 0.247 e. The molecule has 0 bridgehead atoms. The van der Waals surface area contributed by atoms with Gasteiger partial charge in [-0.05, 0) is 57.5 Å². The van der Waals surface area contributed by atoms with Crippen molar-refractivity contribution in [1.82, 2.24) is 24.5 Å². The van der Waals surface area contributed by atoms with Crippen LogP contribution in [0.3, 0.4) is 0 Å². The average Bonchev–Trinajstić information content (AvgIpc) is 2.97. The molecule has 2 aromatic rings. The summed E-state index contributed by atoms with van der Waals surface area (Å²) in [5, 5.41) is 9.01. The van der Waals surface area contributed by atoms with Crippen molar-refractivity contribution >= 4 is 21.8 Å². The predicted molar refractivity (Wildman–Crippen MR) is 98.0 cm³/mol. The van der Waals surface area contributed by atoms with E-state index in [1.165, 1.54) is 0 Å². The van der Waals surface area contributed by atoms with Gasteiger partial charge in [-0.2, -0.15) is 10.2 Å². The van der Waals surface area contributed by atoms with Crippen LogP contribution >= 0.6 is 15.9 Å². The molecule has 1 amide bonds. The zero-order valence-electron chi connectivity index (χ0n) is 15.5. The summed E-state index contributed by atoms with van der Waals surface area (Å²) < 4.78 is 4.72. The highest BCUT2D eigenvalue weighted by Gasteiger charge is 2.24. The van der Waals surface area contributed by atoms with E-state index in [9.17, 15) is 4.79 Å². The quantitative estimate of drug-likeness (QED) is 0.779. The molecular formula is C17H26BrN5O. The number of carbonyl (C=O) groups is 1. The van der Waals surface area contributed by atoms with E-state index < -0.39 is 0 Å². The van der Waals surface area contributed by atoms with Gasteiger partial charge in [-0.3, -0.25) is 14.2 Å². The second-order valence-electron chi connectivity index (χ2n) is 6.26. The lowest BCUT2D eigenvalue weighted by Gasteiger charge is -2.22. The molecule has 7 heteroatoms. The Bertz CT molecular complexity index is 762. The topological polar surface area (TPSA) is 56.0 Å². The number of halogens is 1. The summed E-state index contributed by atoms with van der Waals surface area (Å²) in [6.07, 6.45) is 0. The summed E-state index contributed by atoms with van der Waals surface area (Å²) in [5.74, 6) is 0.0381. The van der Waals surface area contributed by atoms with Crippen LogP contribution < -0.4 is 0 Å². The van der Waals surface area contributed by atoms with Crippen LogP contribution in [0.2, 0.25) is 0 Å². The number of amides is 1. The van der Waals surface area contributed by atoms with Crippen molar-refractivity contribution in [2.75, 3.05) is 7.05 Å². The van der Waals surface area contributed by atoms with Crippen LogP contribution in [0, 0.1) is 27.7 Å². The van der Waals surface area contributed by atoms with E-state index in [-0.39, 0.29) is 11.9 Å². The van der Waals surface area contributed by atoms with Crippen LogP contribution in [0.1, 0.15) is 48.2 Å². The van der Waals surface area contributed by atoms with Crippen LogP contribution in [0.4, 0.5) is 0 Å². The largest absolute Gasteiger partial charge is 0.339 e. The molecule has 0 saturated carbocycles. The van der Waals surface area contributed by atoms with Crippen molar-refractivity contribution in [2.45, 2.75) is 60.7 Å². The molecule has 0 radical (unpaired) electrons. The Balaban J connectivity index is 2.20. The van der Waals surface area contributed by atoms with E-state index in [2.05, 4.69) is 40.0 Å². The molecular weight excluding hydrogens is 370 g/mol. The van der Waals surface area contributed by atoms with E-state index in [0.717, 1.165) is 39.4 Å². The van der Waals surface area contributed by atoms with Crippen LogP contribution in [-0.4, -0.2) is 37.4 Å². The van der Waals surface area contributed by atoms with E-state index >= 15 is 0 Å². The van der Waals surface area contributed by atoms with E-state index in [4.69, 9.17) is 0 Å². The molecule has 1 unspecified atom stereocenters. The molecule has 0 aromatic carbocycles. The lowest BCUT2D eigenvalue weighted by molar-refractivity contribution is -0.133. The van der Waals surface area contributed by atoms with Crippen molar-refractivity contribution in [3.05, 3.63) is 32.8 Å². The zero-order chi connectivity index (χ0) is 18.2. The van der Waals surface area contributed by atoms with Crippen molar-refractivity contribution in [1.29, 1.82) is 0 Å². The van der Waals surface area contributed by atoms with Crippen LogP contribution in [0.25, 0.3) is 0 Å². The number of aromatic nitrogens is 4. The first-order valence-electron chi connectivity index (χ1n) is 8.18. The Labute approximate surface area is 152 Å². The lowest BCUT2D eigenvalue weighted by Crippen LogP contribution is -2.33. The Morgan fingerprint density at radius 3 is 2.25 bits per heavy atom. The first-order chi connectivity index (χ1) is 11.2. The number of rotatable bonds is 5. The number of carbonyl (C=O) groups excluding carboxylic acids is 1. The maximum absolute atomic E-state index is 12.8. The first-order valence-corrected chi connectivity index (χ1v) is 8.97. The number of hydrogen-bond donors (Lipinski definition) is 0. The van der Waals surface area contributed by atoms with Gasteiger partial charge in [0.2, 0.25) is 5.91 Å². The fourth-order valence-electron chi connectivity index (χ4n) is 3.03. The van der Waals surface area contributed by atoms with Gasteiger partial charge in [-0.15, -0.1) is 0 Å².